The maximum atomic E-state index is 12.9. The molecule has 0 fully saturated rings. The maximum absolute atomic E-state index is 12.9. The zero-order valence-corrected chi connectivity index (χ0v) is 17.3. The first kappa shape index (κ1) is 20.2. The van der Waals surface area contributed by atoms with E-state index in [0.29, 0.717) is 16.5 Å². The molecular formula is C19H28N2O4Si. The van der Waals surface area contributed by atoms with Gasteiger partial charge < -0.3 is 14.9 Å². The maximum Gasteiger partial charge on any atom is 0.331 e. The van der Waals surface area contributed by atoms with Gasteiger partial charge in [-0.3, -0.25) is 9.36 Å². The lowest BCUT2D eigenvalue weighted by Gasteiger charge is -2.37. The third-order valence-corrected chi connectivity index (χ3v) is 9.72. The molecule has 1 atom stereocenters. The number of nitrogen functional groups attached to an aromatic ring is 1. The first-order valence-corrected chi connectivity index (χ1v) is 11.5. The molecule has 0 spiro atoms. The Morgan fingerprint density at radius 3 is 2.46 bits per heavy atom. The lowest BCUT2D eigenvalue weighted by Crippen LogP contribution is -2.44. The second kappa shape index (κ2) is 7.24. The van der Waals surface area contributed by atoms with Crippen LogP contribution in [0.1, 0.15) is 26.8 Å². The molecule has 2 rings (SSSR count). The molecule has 6 nitrogen and oxygen atoms in total. The molecule has 0 radical (unpaired) electrons. The highest BCUT2D eigenvalue weighted by atomic mass is 28.4. The molecule has 1 unspecified atom stereocenters. The number of pyridine rings is 1. The Balaban J connectivity index is 2.46. The van der Waals surface area contributed by atoms with Crippen LogP contribution in [-0.4, -0.2) is 32.6 Å². The van der Waals surface area contributed by atoms with Crippen LogP contribution in [-0.2, 0) is 14.0 Å². The molecule has 7 heteroatoms. The van der Waals surface area contributed by atoms with Crippen molar-refractivity contribution in [2.45, 2.75) is 44.9 Å². The summed E-state index contributed by atoms with van der Waals surface area (Å²) in [5.74, 6) is -0.505. The van der Waals surface area contributed by atoms with E-state index in [0.717, 1.165) is 0 Å². The summed E-state index contributed by atoms with van der Waals surface area (Å²) in [6, 6.07) is 6.07. The average Bonchev–Trinajstić information content (AvgIpc) is 2.56. The van der Waals surface area contributed by atoms with Crippen molar-refractivity contribution in [2.24, 2.45) is 0 Å². The minimum Gasteiger partial charge on any atom is -0.467 e. The SMILES string of the molecule is COC(=O)C(CO[Si](C)(C)C(C)(C)C)n1ccc2c(N)cccc2c1=O. The number of carbonyl (C=O) groups excluding carboxylic acids is 1. The number of rotatable bonds is 5. The fourth-order valence-corrected chi connectivity index (χ4v) is 3.47. The van der Waals surface area contributed by atoms with Gasteiger partial charge in [0, 0.05) is 22.7 Å². The van der Waals surface area contributed by atoms with Crippen molar-refractivity contribution < 1.29 is 14.0 Å². The summed E-state index contributed by atoms with van der Waals surface area (Å²) >= 11 is 0. The molecule has 0 bridgehead atoms. The number of carbonyl (C=O) groups is 1. The molecule has 0 saturated heterocycles. The van der Waals surface area contributed by atoms with Crippen LogP contribution in [0.25, 0.3) is 10.8 Å². The van der Waals surface area contributed by atoms with Crippen molar-refractivity contribution in [1.29, 1.82) is 0 Å². The van der Waals surface area contributed by atoms with Gasteiger partial charge in [0.25, 0.3) is 5.56 Å². The molecule has 2 N–H and O–H groups in total. The van der Waals surface area contributed by atoms with Crippen LogP contribution < -0.4 is 11.3 Å². The molecule has 2 aromatic rings. The average molecular weight is 377 g/mol. The number of esters is 1. The van der Waals surface area contributed by atoms with Crippen LogP contribution in [0.2, 0.25) is 18.1 Å². The molecule has 0 amide bonds. The highest BCUT2D eigenvalue weighted by molar-refractivity contribution is 6.74. The van der Waals surface area contributed by atoms with Crippen molar-refractivity contribution >= 4 is 30.7 Å². The Labute approximate surface area is 155 Å². The second-order valence-electron chi connectivity index (χ2n) is 7.95. The van der Waals surface area contributed by atoms with Crippen LogP contribution in [0.5, 0.6) is 0 Å². The monoisotopic (exact) mass is 376 g/mol. The molecule has 0 saturated carbocycles. The number of fused-ring (bicyclic) bond motifs is 1. The number of nitrogens with zero attached hydrogens (tertiary/aromatic N) is 1. The first-order valence-electron chi connectivity index (χ1n) is 8.61. The van der Waals surface area contributed by atoms with Gasteiger partial charge in [0.05, 0.1) is 13.7 Å². The van der Waals surface area contributed by atoms with Crippen molar-refractivity contribution in [2.75, 3.05) is 19.5 Å². The van der Waals surface area contributed by atoms with Gasteiger partial charge in [-0.1, -0.05) is 26.8 Å². The minimum atomic E-state index is -2.08. The predicted molar refractivity (Wildman–Crippen MR) is 107 cm³/mol. The zero-order chi connectivity index (χ0) is 19.7. The predicted octanol–water partition coefficient (Wildman–Crippen LogP) is 3.32. The number of hydrogen-bond acceptors (Lipinski definition) is 5. The van der Waals surface area contributed by atoms with Crippen molar-refractivity contribution in [1.82, 2.24) is 4.57 Å². The fraction of sp³-hybridized carbons (Fsp3) is 0.474. The zero-order valence-electron chi connectivity index (χ0n) is 16.3. The van der Waals surface area contributed by atoms with Crippen molar-refractivity contribution in [3.8, 4) is 0 Å². The molecule has 1 heterocycles. The van der Waals surface area contributed by atoms with E-state index in [2.05, 4.69) is 33.9 Å². The summed E-state index contributed by atoms with van der Waals surface area (Å²) in [7, 11) is -0.771. The third-order valence-electron chi connectivity index (χ3n) is 5.22. The van der Waals surface area contributed by atoms with E-state index in [-0.39, 0.29) is 17.2 Å². The van der Waals surface area contributed by atoms with E-state index in [1.54, 1.807) is 30.5 Å². The summed E-state index contributed by atoms with van der Waals surface area (Å²) in [5, 5.41) is 1.13. The first-order chi connectivity index (χ1) is 12.0. The van der Waals surface area contributed by atoms with Gasteiger partial charge in [-0.15, -0.1) is 0 Å². The number of anilines is 1. The van der Waals surface area contributed by atoms with E-state index in [1.807, 2.05) is 0 Å². The molecule has 26 heavy (non-hydrogen) atoms. The van der Waals surface area contributed by atoms with Crippen LogP contribution in [0.4, 0.5) is 5.69 Å². The number of aromatic nitrogens is 1. The molecule has 0 aliphatic carbocycles. The Hall–Kier alpha value is -2.12. The standard InChI is InChI=1S/C19H28N2O4Si/c1-19(2,3)26(5,6)25-12-16(18(23)24-4)21-11-10-13-14(17(21)22)8-7-9-15(13)20/h7-11,16H,12,20H2,1-6H3. The smallest absolute Gasteiger partial charge is 0.331 e. The van der Waals surface area contributed by atoms with Gasteiger partial charge >= 0.3 is 5.97 Å². The van der Waals surface area contributed by atoms with Crippen LogP contribution >= 0.6 is 0 Å². The van der Waals surface area contributed by atoms with E-state index in [4.69, 9.17) is 14.9 Å². The van der Waals surface area contributed by atoms with Gasteiger partial charge in [0.15, 0.2) is 14.4 Å². The lowest BCUT2D eigenvalue weighted by molar-refractivity contribution is -0.145. The van der Waals surface area contributed by atoms with E-state index in [9.17, 15) is 9.59 Å². The molecule has 1 aromatic carbocycles. The second-order valence-corrected chi connectivity index (χ2v) is 12.8. The van der Waals surface area contributed by atoms with Gasteiger partial charge in [-0.05, 0) is 36.3 Å². The Morgan fingerprint density at radius 1 is 1.23 bits per heavy atom. The quantitative estimate of drug-likeness (QED) is 0.492. The van der Waals surface area contributed by atoms with Crippen molar-refractivity contribution in [3.63, 3.8) is 0 Å². The highest BCUT2D eigenvalue weighted by Gasteiger charge is 2.38. The number of ether oxygens (including phenoxy) is 1. The van der Waals surface area contributed by atoms with Crippen molar-refractivity contribution in [3.05, 3.63) is 40.8 Å². The lowest BCUT2D eigenvalue weighted by atomic mass is 10.1. The van der Waals surface area contributed by atoms with E-state index >= 15 is 0 Å². The van der Waals surface area contributed by atoms with Gasteiger partial charge in [0.1, 0.15) is 0 Å². The number of methoxy groups -OCH3 is 1. The number of hydrogen-bond donors (Lipinski definition) is 1. The minimum absolute atomic E-state index is 0.00351. The largest absolute Gasteiger partial charge is 0.467 e. The summed E-state index contributed by atoms with van der Waals surface area (Å²) in [6.45, 7) is 10.7. The van der Waals surface area contributed by atoms with Crippen LogP contribution in [0.15, 0.2) is 35.3 Å². The summed E-state index contributed by atoms with van der Waals surface area (Å²) in [5.41, 5.74) is 6.18. The van der Waals surface area contributed by atoms with Crippen LogP contribution in [0.3, 0.4) is 0 Å². The normalized spacial score (nSPS) is 13.6. The van der Waals surface area contributed by atoms with Gasteiger partial charge in [-0.2, -0.15) is 0 Å². The Kier molecular flexibility index (Phi) is 5.63. The number of benzene rings is 1. The molecular weight excluding hydrogens is 348 g/mol. The summed E-state index contributed by atoms with van der Waals surface area (Å²) in [4.78, 5) is 25.3. The molecule has 0 aliphatic rings. The summed E-state index contributed by atoms with van der Waals surface area (Å²) in [6.07, 6.45) is 1.58. The fourth-order valence-electron chi connectivity index (χ4n) is 2.46. The third kappa shape index (κ3) is 3.83. The van der Waals surface area contributed by atoms with Gasteiger partial charge in [-0.25, -0.2) is 4.79 Å². The van der Waals surface area contributed by atoms with Crippen LogP contribution in [0, 0.1) is 0 Å². The molecule has 1 aromatic heterocycles. The summed E-state index contributed by atoms with van der Waals surface area (Å²) < 4.78 is 12.5. The Bertz CT molecular complexity index is 868. The molecule has 142 valence electrons. The highest BCUT2D eigenvalue weighted by Crippen LogP contribution is 2.37. The molecule has 0 aliphatic heterocycles. The Morgan fingerprint density at radius 2 is 1.88 bits per heavy atom. The van der Waals surface area contributed by atoms with E-state index < -0.39 is 20.3 Å². The van der Waals surface area contributed by atoms with E-state index in [1.165, 1.54) is 11.7 Å². The number of nitrogens with two attached hydrogens (primary N) is 1. The topological polar surface area (TPSA) is 83.6 Å². The van der Waals surface area contributed by atoms with Gasteiger partial charge in [0.2, 0.25) is 0 Å².